The highest BCUT2D eigenvalue weighted by atomic mass is 16.5. The second kappa shape index (κ2) is 5.62. The van der Waals surface area contributed by atoms with E-state index in [9.17, 15) is 9.90 Å². The monoisotopic (exact) mass is 313 g/mol. The summed E-state index contributed by atoms with van der Waals surface area (Å²) < 4.78 is 6.58. The maximum Gasteiger partial charge on any atom is 0.183 e. The van der Waals surface area contributed by atoms with Gasteiger partial charge in [0.1, 0.15) is 12.0 Å². The molecule has 0 aliphatic heterocycles. The summed E-state index contributed by atoms with van der Waals surface area (Å²) in [6.45, 7) is 5.54. The van der Waals surface area contributed by atoms with Crippen molar-refractivity contribution >= 4 is 16.7 Å². The predicted octanol–water partition coefficient (Wildman–Crippen LogP) is 3.05. The minimum atomic E-state index is -0.932. The van der Waals surface area contributed by atoms with Crippen molar-refractivity contribution in [1.82, 2.24) is 14.9 Å². The van der Waals surface area contributed by atoms with Gasteiger partial charge in [-0.2, -0.15) is 5.10 Å². The van der Waals surface area contributed by atoms with Gasteiger partial charge in [0.15, 0.2) is 5.78 Å². The maximum absolute atomic E-state index is 12.2. The maximum atomic E-state index is 12.2. The molecule has 1 N–H and O–H groups in total. The number of hydrogen-bond donors (Lipinski definition) is 1. The molecular formula is C17H19N3O3. The van der Waals surface area contributed by atoms with Crippen molar-refractivity contribution in [2.75, 3.05) is 0 Å². The van der Waals surface area contributed by atoms with E-state index in [-0.39, 0.29) is 5.78 Å². The van der Waals surface area contributed by atoms with Gasteiger partial charge in [0.25, 0.3) is 0 Å². The first-order valence-electron chi connectivity index (χ1n) is 7.55. The van der Waals surface area contributed by atoms with Crippen LogP contribution in [-0.2, 0) is 6.54 Å². The quantitative estimate of drug-likeness (QED) is 0.732. The number of ketones is 1. The van der Waals surface area contributed by atoms with Crippen molar-refractivity contribution < 1.29 is 14.4 Å². The molecule has 0 bridgehead atoms. The van der Waals surface area contributed by atoms with Crippen LogP contribution in [0.1, 0.15) is 37.7 Å². The van der Waals surface area contributed by atoms with E-state index >= 15 is 0 Å². The minimum absolute atomic E-state index is 0.0118. The Balaban J connectivity index is 2.19. The van der Waals surface area contributed by atoms with E-state index in [4.69, 9.17) is 4.52 Å². The summed E-state index contributed by atoms with van der Waals surface area (Å²) in [7, 11) is 0. The zero-order valence-electron chi connectivity index (χ0n) is 13.4. The Bertz CT molecular complexity index is 842. The molecular weight excluding hydrogens is 294 g/mol. The van der Waals surface area contributed by atoms with Gasteiger partial charge in [-0.3, -0.25) is 9.48 Å². The molecule has 3 rings (SSSR count). The first-order valence-corrected chi connectivity index (χ1v) is 7.55. The SMILES string of the molecule is CCC(=O)c1nn(CC(C)(C)O)c2cc(-c3cnoc3)ccc12. The number of hydrogen-bond acceptors (Lipinski definition) is 5. The molecule has 0 saturated carbocycles. The lowest BCUT2D eigenvalue weighted by atomic mass is 10.0. The zero-order chi connectivity index (χ0) is 16.6. The molecule has 6 heteroatoms. The number of aromatic nitrogens is 3. The molecule has 1 aromatic carbocycles. The van der Waals surface area contributed by atoms with Crippen LogP contribution < -0.4 is 0 Å². The summed E-state index contributed by atoms with van der Waals surface area (Å²) in [5.74, 6) is -0.0118. The van der Waals surface area contributed by atoms with E-state index in [1.54, 1.807) is 31.0 Å². The molecule has 0 unspecified atom stereocenters. The molecule has 23 heavy (non-hydrogen) atoms. The van der Waals surface area contributed by atoms with Crippen molar-refractivity contribution in [3.05, 3.63) is 36.4 Å². The predicted molar refractivity (Wildman–Crippen MR) is 86.1 cm³/mol. The van der Waals surface area contributed by atoms with Gasteiger partial charge < -0.3 is 9.63 Å². The van der Waals surface area contributed by atoms with Crippen LogP contribution in [0.3, 0.4) is 0 Å². The number of nitrogens with zero attached hydrogens (tertiary/aromatic N) is 3. The summed E-state index contributed by atoms with van der Waals surface area (Å²) in [6, 6.07) is 5.74. The van der Waals surface area contributed by atoms with Gasteiger partial charge in [0.2, 0.25) is 0 Å². The molecule has 0 aliphatic rings. The van der Waals surface area contributed by atoms with E-state index in [2.05, 4.69) is 10.3 Å². The van der Waals surface area contributed by atoms with E-state index in [0.717, 1.165) is 22.0 Å². The lowest BCUT2D eigenvalue weighted by molar-refractivity contribution is 0.0588. The summed E-state index contributed by atoms with van der Waals surface area (Å²) in [6.07, 6.45) is 3.59. The first kappa shape index (κ1) is 15.4. The van der Waals surface area contributed by atoms with E-state index in [1.165, 1.54) is 0 Å². The number of fused-ring (bicyclic) bond motifs is 1. The van der Waals surface area contributed by atoms with Crippen LogP contribution >= 0.6 is 0 Å². The third-order valence-electron chi connectivity index (χ3n) is 3.64. The van der Waals surface area contributed by atoms with Crippen LogP contribution in [0.15, 0.2) is 35.2 Å². The lowest BCUT2D eigenvalue weighted by Crippen LogP contribution is -2.26. The molecule has 0 atom stereocenters. The van der Waals surface area contributed by atoms with Crippen LogP contribution in [0, 0.1) is 0 Å². The van der Waals surface area contributed by atoms with E-state index in [0.29, 0.717) is 18.7 Å². The molecule has 0 amide bonds. The van der Waals surface area contributed by atoms with Crippen LogP contribution in [0.4, 0.5) is 0 Å². The Hall–Kier alpha value is -2.47. The third-order valence-corrected chi connectivity index (χ3v) is 3.64. The molecule has 2 aromatic heterocycles. The zero-order valence-corrected chi connectivity index (χ0v) is 13.4. The average Bonchev–Trinajstić information content (AvgIpc) is 3.13. The number of benzene rings is 1. The number of carbonyl (C=O) groups is 1. The molecule has 120 valence electrons. The smallest absolute Gasteiger partial charge is 0.183 e. The van der Waals surface area contributed by atoms with Gasteiger partial charge in [-0.25, -0.2) is 0 Å². The second-order valence-corrected chi connectivity index (χ2v) is 6.24. The van der Waals surface area contributed by atoms with E-state index < -0.39 is 5.60 Å². The summed E-state index contributed by atoms with van der Waals surface area (Å²) in [5, 5.41) is 19.1. The Labute approximate surface area is 133 Å². The highest BCUT2D eigenvalue weighted by Gasteiger charge is 2.21. The van der Waals surface area contributed by atoms with Gasteiger partial charge >= 0.3 is 0 Å². The number of carbonyl (C=O) groups excluding carboxylic acids is 1. The fourth-order valence-electron chi connectivity index (χ4n) is 2.56. The molecule has 6 nitrogen and oxygen atoms in total. The first-order chi connectivity index (χ1) is 10.9. The highest BCUT2D eigenvalue weighted by Crippen LogP contribution is 2.27. The molecule has 2 heterocycles. The summed E-state index contributed by atoms with van der Waals surface area (Å²) in [4.78, 5) is 12.2. The number of aliphatic hydroxyl groups is 1. The molecule has 0 aliphatic carbocycles. The van der Waals surface area contributed by atoms with Crippen molar-refractivity contribution in [3.8, 4) is 11.1 Å². The highest BCUT2D eigenvalue weighted by molar-refractivity contribution is 6.06. The molecule has 0 spiro atoms. The topological polar surface area (TPSA) is 81.2 Å². The van der Waals surface area contributed by atoms with Gasteiger partial charge in [0, 0.05) is 17.4 Å². The Morgan fingerprint density at radius 2 is 2.13 bits per heavy atom. The van der Waals surface area contributed by atoms with Crippen molar-refractivity contribution in [1.29, 1.82) is 0 Å². The largest absolute Gasteiger partial charge is 0.389 e. The molecule has 0 saturated heterocycles. The Morgan fingerprint density at radius 1 is 1.35 bits per heavy atom. The minimum Gasteiger partial charge on any atom is -0.389 e. The van der Waals surface area contributed by atoms with Crippen LogP contribution in [-0.4, -0.2) is 31.4 Å². The third kappa shape index (κ3) is 3.03. The second-order valence-electron chi connectivity index (χ2n) is 6.24. The fourth-order valence-corrected chi connectivity index (χ4v) is 2.56. The Kier molecular flexibility index (Phi) is 3.77. The Morgan fingerprint density at radius 3 is 2.74 bits per heavy atom. The van der Waals surface area contributed by atoms with Crippen LogP contribution in [0.25, 0.3) is 22.0 Å². The summed E-state index contributed by atoms with van der Waals surface area (Å²) in [5.41, 5.74) is 2.10. The standard InChI is InChI=1S/C17H19N3O3/c1-4-15(21)16-13-6-5-11(12-8-18-23-9-12)7-14(13)20(19-16)10-17(2,3)22/h5-9,22H,4,10H2,1-3H3. The van der Waals surface area contributed by atoms with Gasteiger partial charge in [-0.05, 0) is 31.5 Å². The van der Waals surface area contributed by atoms with Gasteiger partial charge in [-0.1, -0.05) is 18.1 Å². The molecule has 3 aromatic rings. The molecule has 0 fully saturated rings. The van der Waals surface area contributed by atoms with E-state index in [1.807, 2.05) is 25.1 Å². The fraction of sp³-hybridized carbons (Fsp3) is 0.353. The lowest BCUT2D eigenvalue weighted by Gasteiger charge is -2.17. The number of rotatable bonds is 5. The van der Waals surface area contributed by atoms with Crippen LogP contribution in [0.5, 0.6) is 0 Å². The molecule has 0 radical (unpaired) electrons. The van der Waals surface area contributed by atoms with Gasteiger partial charge in [-0.15, -0.1) is 0 Å². The van der Waals surface area contributed by atoms with Gasteiger partial charge in [0.05, 0.1) is 23.9 Å². The van der Waals surface area contributed by atoms with Crippen LogP contribution in [0.2, 0.25) is 0 Å². The van der Waals surface area contributed by atoms with Crippen molar-refractivity contribution in [2.24, 2.45) is 0 Å². The number of Topliss-reactive ketones (excluding diaryl/α,β-unsaturated/α-hetero) is 1. The average molecular weight is 313 g/mol. The van der Waals surface area contributed by atoms with Crippen molar-refractivity contribution in [2.45, 2.75) is 39.3 Å². The van der Waals surface area contributed by atoms with Crippen molar-refractivity contribution in [3.63, 3.8) is 0 Å². The normalized spacial score (nSPS) is 12.0. The summed E-state index contributed by atoms with van der Waals surface area (Å²) >= 11 is 0.